The smallest absolute Gasteiger partial charge is 0.159 e. The monoisotopic (exact) mass is 241 g/mol. The summed E-state index contributed by atoms with van der Waals surface area (Å²) in [6, 6.07) is 15.2. The summed E-state index contributed by atoms with van der Waals surface area (Å²) in [5, 5.41) is 1.02. The van der Waals surface area contributed by atoms with Crippen LogP contribution in [-0.4, -0.2) is 4.98 Å². The molecule has 3 heteroatoms. The fourth-order valence-electron chi connectivity index (χ4n) is 1.88. The standard InChI is InChI=1S/C15H9F2N/c16-12-7-5-11(9-13(12)17)15-8-6-10-3-1-2-4-14(10)18-15/h1-9H. The molecule has 0 aliphatic carbocycles. The van der Waals surface area contributed by atoms with Crippen molar-refractivity contribution in [3.8, 4) is 11.3 Å². The molecule has 3 aromatic rings. The molecule has 0 spiro atoms. The third-order valence-electron chi connectivity index (χ3n) is 2.81. The Labute approximate surface area is 103 Å². The molecule has 0 saturated heterocycles. The average Bonchev–Trinajstić information content (AvgIpc) is 2.41. The van der Waals surface area contributed by atoms with Crippen LogP contribution in [0.5, 0.6) is 0 Å². The number of nitrogens with zero attached hydrogens (tertiary/aromatic N) is 1. The van der Waals surface area contributed by atoms with Gasteiger partial charge in [-0.25, -0.2) is 13.8 Å². The Balaban J connectivity index is 2.16. The van der Waals surface area contributed by atoms with Crippen molar-refractivity contribution in [1.29, 1.82) is 0 Å². The molecule has 0 unspecified atom stereocenters. The van der Waals surface area contributed by atoms with Crippen molar-refractivity contribution in [3.63, 3.8) is 0 Å². The molecule has 0 aliphatic rings. The van der Waals surface area contributed by atoms with Gasteiger partial charge < -0.3 is 0 Å². The van der Waals surface area contributed by atoms with E-state index in [9.17, 15) is 8.78 Å². The van der Waals surface area contributed by atoms with Gasteiger partial charge in [-0.05, 0) is 30.3 Å². The van der Waals surface area contributed by atoms with Gasteiger partial charge in [-0.15, -0.1) is 0 Å². The number of para-hydroxylation sites is 1. The average molecular weight is 241 g/mol. The van der Waals surface area contributed by atoms with Crippen LogP contribution in [-0.2, 0) is 0 Å². The first-order valence-electron chi connectivity index (χ1n) is 5.55. The van der Waals surface area contributed by atoms with Crippen molar-refractivity contribution in [2.45, 2.75) is 0 Å². The van der Waals surface area contributed by atoms with E-state index in [1.54, 1.807) is 6.07 Å². The molecule has 3 rings (SSSR count). The Morgan fingerprint density at radius 1 is 0.778 bits per heavy atom. The van der Waals surface area contributed by atoms with E-state index in [1.807, 2.05) is 30.3 Å². The molecule has 1 heterocycles. The number of fused-ring (bicyclic) bond motifs is 1. The van der Waals surface area contributed by atoms with Crippen LogP contribution in [0.1, 0.15) is 0 Å². The second-order valence-corrected chi connectivity index (χ2v) is 4.02. The molecule has 0 amide bonds. The number of hydrogen-bond acceptors (Lipinski definition) is 1. The lowest BCUT2D eigenvalue weighted by molar-refractivity contribution is 0.509. The van der Waals surface area contributed by atoms with Gasteiger partial charge in [0.15, 0.2) is 11.6 Å². The number of rotatable bonds is 1. The number of halogens is 2. The van der Waals surface area contributed by atoms with Crippen LogP contribution < -0.4 is 0 Å². The summed E-state index contributed by atoms with van der Waals surface area (Å²) in [5.74, 6) is -1.71. The van der Waals surface area contributed by atoms with E-state index in [4.69, 9.17) is 0 Å². The van der Waals surface area contributed by atoms with Crippen LogP contribution in [0.25, 0.3) is 22.2 Å². The van der Waals surface area contributed by atoms with Crippen LogP contribution >= 0.6 is 0 Å². The fraction of sp³-hybridized carbons (Fsp3) is 0. The van der Waals surface area contributed by atoms with Crippen LogP contribution in [0.3, 0.4) is 0 Å². The van der Waals surface area contributed by atoms with Gasteiger partial charge in [0.1, 0.15) is 0 Å². The molecule has 0 bridgehead atoms. The van der Waals surface area contributed by atoms with Crippen LogP contribution in [0.2, 0.25) is 0 Å². The Hall–Kier alpha value is -2.29. The molecule has 1 aromatic heterocycles. The summed E-state index contributed by atoms with van der Waals surface area (Å²) in [4.78, 5) is 4.43. The lowest BCUT2D eigenvalue weighted by Gasteiger charge is -2.03. The topological polar surface area (TPSA) is 12.9 Å². The Bertz CT molecular complexity index is 723. The van der Waals surface area contributed by atoms with Crippen LogP contribution in [0.4, 0.5) is 8.78 Å². The highest BCUT2D eigenvalue weighted by Gasteiger charge is 2.06. The second kappa shape index (κ2) is 4.18. The lowest BCUT2D eigenvalue weighted by Crippen LogP contribution is -1.88. The van der Waals surface area contributed by atoms with Gasteiger partial charge >= 0.3 is 0 Å². The maximum atomic E-state index is 13.2. The van der Waals surface area contributed by atoms with Gasteiger partial charge in [-0.2, -0.15) is 0 Å². The van der Waals surface area contributed by atoms with Gasteiger partial charge in [0.25, 0.3) is 0 Å². The summed E-state index contributed by atoms with van der Waals surface area (Å²) >= 11 is 0. The second-order valence-electron chi connectivity index (χ2n) is 4.02. The van der Waals surface area contributed by atoms with Gasteiger partial charge in [0, 0.05) is 10.9 Å². The van der Waals surface area contributed by atoms with E-state index in [1.165, 1.54) is 6.07 Å². The molecule has 0 aliphatic heterocycles. The van der Waals surface area contributed by atoms with Crippen molar-refractivity contribution in [2.24, 2.45) is 0 Å². The van der Waals surface area contributed by atoms with E-state index in [-0.39, 0.29) is 0 Å². The Kier molecular flexibility index (Phi) is 2.52. The highest BCUT2D eigenvalue weighted by atomic mass is 19.2. The minimum Gasteiger partial charge on any atom is -0.248 e. The summed E-state index contributed by atoms with van der Waals surface area (Å²) < 4.78 is 26.0. The number of benzene rings is 2. The third kappa shape index (κ3) is 1.84. The quantitative estimate of drug-likeness (QED) is 0.622. The van der Waals surface area contributed by atoms with Gasteiger partial charge in [-0.3, -0.25) is 0 Å². The molecule has 88 valence electrons. The lowest BCUT2D eigenvalue weighted by atomic mass is 10.1. The molecular weight excluding hydrogens is 232 g/mol. The Morgan fingerprint density at radius 3 is 2.44 bits per heavy atom. The molecule has 0 fully saturated rings. The van der Waals surface area contributed by atoms with Crippen molar-refractivity contribution in [3.05, 3.63) is 66.2 Å². The minimum atomic E-state index is -0.859. The first-order valence-corrected chi connectivity index (χ1v) is 5.55. The van der Waals surface area contributed by atoms with E-state index in [0.29, 0.717) is 11.3 Å². The highest BCUT2D eigenvalue weighted by Crippen LogP contribution is 2.22. The number of hydrogen-bond donors (Lipinski definition) is 0. The maximum absolute atomic E-state index is 13.2. The normalized spacial score (nSPS) is 10.8. The van der Waals surface area contributed by atoms with E-state index < -0.39 is 11.6 Å². The van der Waals surface area contributed by atoms with Crippen molar-refractivity contribution >= 4 is 10.9 Å². The largest absolute Gasteiger partial charge is 0.248 e. The van der Waals surface area contributed by atoms with E-state index in [0.717, 1.165) is 23.0 Å². The third-order valence-corrected chi connectivity index (χ3v) is 2.81. The summed E-state index contributed by atoms with van der Waals surface area (Å²) in [6.45, 7) is 0. The van der Waals surface area contributed by atoms with Gasteiger partial charge in [0.2, 0.25) is 0 Å². The molecule has 0 saturated carbocycles. The van der Waals surface area contributed by atoms with Gasteiger partial charge in [-0.1, -0.05) is 24.3 Å². The summed E-state index contributed by atoms with van der Waals surface area (Å²) in [7, 11) is 0. The summed E-state index contributed by atoms with van der Waals surface area (Å²) in [6.07, 6.45) is 0. The molecule has 1 nitrogen and oxygen atoms in total. The molecule has 0 radical (unpaired) electrons. The SMILES string of the molecule is Fc1ccc(-c2ccc3ccccc3n2)cc1F. The zero-order valence-corrected chi connectivity index (χ0v) is 9.40. The molecular formula is C15H9F2N. The first-order chi connectivity index (χ1) is 8.74. The molecule has 0 atom stereocenters. The zero-order valence-electron chi connectivity index (χ0n) is 9.40. The maximum Gasteiger partial charge on any atom is 0.159 e. The number of pyridine rings is 1. The van der Waals surface area contributed by atoms with Crippen LogP contribution in [0.15, 0.2) is 54.6 Å². The Morgan fingerprint density at radius 2 is 1.61 bits per heavy atom. The fourth-order valence-corrected chi connectivity index (χ4v) is 1.88. The minimum absolute atomic E-state index is 0.569. The predicted octanol–water partition coefficient (Wildman–Crippen LogP) is 4.18. The summed E-state index contributed by atoms with van der Waals surface area (Å²) in [5.41, 5.74) is 2.03. The van der Waals surface area contributed by atoms with Crippen LogP contribution in [0, 0.1) is 11.6 Å². The van der Waals surface area contributed by atoms with Crippen molar-refractivity contribution < 1.29 is 8.78 Å². The zero-order chi connectivity index (χ0) is 12.5. The molecule has 2 aromatic carbocycles. The van der Waals surface area contributed by atoms with Gasteiger partial charge in [0.05, 0.1) is 11.2 Å². The number of aromatic nitrogens is 1. The van der Waals surface area contributed by atoms with Crippen molar-refractivity contribution in [1.82, 2.24) is 4.98 Å². The van der Waals surface area contributed by atoms with E-state index >= 15 is 0 Å². The molecule has 18 heavy (non-hydrogen) atoms. The predicted molar refractivity (Wildman–Crippen MR) is 67.1 cm³/mol. The molecule has 0 N–H and O–H groups in total. The highest BCUT2D eigenvalue weighted by molar-refractivity contribution is 5.81. The van der Waals surface area contributed by atoms with Crippen molar-refractivity contribution in [2.75, 3.05) is 0 Å². The first kappa shape index (κ1) is 10.8. The van der Waals surface area contributed by atoms with E-state index in [2.05, 4.69) is 4.98 Å².